The minimum absolute atomic E-state index is 0.121. The second-order valence-corrected chi connectivity index (χ2v) is 6.56. The monoisotopic (exact) mass is 306 g/mol. The number of nitrogens with zero attached hydrogens (tertiary/aromatic N) is 2. The molecule has 0 bridgehead atoms. The standard InChI is InChI=1S/C15H22N4OS/c1-2-8-18-15(11-16)7-3-4-12(15)6-10-21-14-17-9-5-13(20)19-14/h5,9,12,18H,2-4,6-8,10H2,1H3,(H,17,19,20). The summed E-state index contributed by atoms with van der Waals surface area (Å²) in [5, 5.41) is 13.7. The highest BCUT2D eigenvalue weighted by Crippen LogP contribution is 2.38. The first kappa shape index (κ1) is 16.1. The van der Waals surface area contributed by atoms with Gasteiger partial charge in [0.2, 0.25) is 0 Å². The van der Waals surface area contributed by atoms with E-state index in [1.807, 2.05) is 0 Å². The molecule has 0 amide bonds. The lowest BCUT2D eigenvalue weighted by Crippen LogP contribution is -2.47. The molecule has 1 aromatic rings. The quantitative estimate of drug-likeness (QED) is 0.597. The minimum atomic E-state index is -0.353. The van der Waals surface area contributed by atoms with Crippen LogP contribution >= 0.6 is 11.8 Å². The molecule has 114 valence electrons. The largest absolute Gasteiger partial charge is 0.301 e. The van der Waals surface area contributed by atoms with Gasteiger partial charge in [0.05, 0.1) is 6.07 Å². The molecule has 1 aliphatic carbocycles. The topological polar surface area (TPSA) is 81.6 Å². The molecular weight excluding hydrogens is 284 g/mol. The number of H-pyrrole nitrogens is 1. The number of hydrogen-bond donors (Lipinski definition) is 2. The van der Waals surface area contributed by atoms with Gasteiger partial charge in [-0.25, -0.2) is 4.98 Å². The summed E-state index contributed by atoms with van der Waals surface area (Å²) in [6, 6.07) is 3.94. The van der Waals surface area contributed by atoms with Crippen LogP contribution in [0.4, 0.5) is 0 Å². The molecule has 1 aromatic heterocycles. The van der Waals surface area contributed by atoms with E-state index < -0.39 is 0 Å². The fraction of sp³-hybridized carbons (Fsp3) is 0.667. The molecule has 1 heterocycles. The maximum absolute atomic E-state index is 11.2. The molecule has 1 fully saturated rings. The molecule has 2 rings (SSSR count). The summed E-state index contributed by atoms with van der Waals surface area (Å²) in [7, 11) is 0. The molecule has 1 aliphatic rings. The average Bonchev–Trinajstić information content (AvgIpc) is 2.89. The summed E-state index contributed by atoms with van der Waals surface area (Å²) in [6.07, 6.45) is 6.69. The number of aromatic amines is 1. The molecule has 0 spiro atoms. The first-order valence-corrected chi connectivity index (χ1v) is 8.53. The summed E-state index contributed by atoms with van der Waals surface area (Å²) in [5.74, 6) is 1.26. The van der Waals surface area contributed by atoms with E-state index in [9.17, 15) is 10.1 Å². The van der Waals surface area contributed by atoms with Crippen molar-refractivity contribution in [1.82, 2.24) is 15.3 Å². The van der Waals surface area contributed by atoms with Crippen molar-refractivity contribution < 1.29 is 0 Å². The Kier molecular flexibility index (Phi) is 5.83. The molecule has 0 saturated heterocycles. The maximum atomic E-state index is 11.2. The molecule has 2 atom stereocenters. The molecule has 2 N–H and O–H groups in total. The zero-order chi connectivity index (χ0) is 15.1. The minimum Gasteiger partial charge on any atom is -0.301 e. The number of nitriles is 1. The Labute approximate surface area is 129 Å². The van der Waals surface area contributed by atoms with Crippen molar-refractivity contribution in [3.8, 4) is 6.07 Å². The molecule has 0 radical (unpaired) electrons. The smallest absolute Gasteiger partial charge is 0.251 e. The summed E-state index contributed by atoms with van der Waals surface area (Å²) in [4.78, 5) is 18.1. The molecule has 0 aromatic carbocycles. The van der Waals surface area contributed by atoms with Gasteiger partial charge < -0.3 is 4.98 Å². The van der Waals surface area contributed by atoms with E-state index in [1.165, 1.54) is 12.3 Å². The van der Waals surface area contributed by atoms with Crippen LogP contribution in [0.3, 0.4) is 0 Å². The van der Waals surface area contributed by atoms with Crippen molar-refractivity contribution in [2.75, 3.05) is 12.3 Å². The number of rotatable bonds is 7. The second-order valence-electron chi connectivity index (χ2n) is 5.48. The lowest BCUT2D eigenvalue weighted by Gasteiger charge is -2.29. The van der Waals surface area contributed by atoms with E-state index in [2.05, 4.69) is 28.3 Å². The SMILES string of the molecule is CCCNC1(C#N)CCCC1CCSc1nccc(=O)[nH]1. The summed E-state index contributed by atoms with van der Waals surface area (Å²) >= 11 is 1.55. The van der Waals surface area contributed by atoms with Gasteiger partial charge >= 0.3 is 0 Å². The van der Waals surface area contributed by atoms with Gasteiger partial charge in [-0.15, -0.1) is 0 Å². The Morgan fingerprint density at radius 2 is 2.52 bits per heavy atom. The van der Waals surface area contributed by atoms with Crippen molar-refractivity contribution in [3.63, 3.8) is 0 Å². The fourth-order valence-electron chi connectivity index (χ4n) is 2.96. The summed E-state index contributed by atoms with van der Waals surface area (Å²) < 4.78 is 0. The molecule has 2 unspecified atom stereocenters. The number of nitrogens with one attached hydrogen (secondary N) is 2. The van der Waals surface area contributed by atoms with E-state index in [0.29, 0.717) is 11.1 Å². The van der Waals surface area contributed by atoms with Crippen LogP contribution in [-0.2, 0) is 0 Å². The lowest BCUT2D eigenvalue weighted by molar-refractivity contribution is 0.311. The Bertz CT molecular complexity index is 553. The van der Waals surface area contributed by atoms with Gasteiger partial charge in [-0.1, -0.05) is 25.1 Å². The van der Waals surface area contributed by atoms with Crippen molar-refractivity contribution in [3.05, 3.63) is 22.6 Å². The van der Waals surface area contributed by atoms with Gasteiger partial charge in [-0.2, -0.15) is 5.26 Å². The fourth-order valence-corrected chi connectivity index (χ4v) is 3.86. The molecule has 5 nitrogen and oxygen atoms in total. The molecular formula is C15H22N4OS. The van der Waals surface area contributed by atoms with Gasteiger partial charge in [-0.05, 0) is 38.1 Å². The van der Waals surface area contributed by atoms with Crippen molar-refractivity contribution in [2.45, 2.75) is 49.7 Å². The molecule has 21 heavy (non-hydrogen) atoms. The normalized spacial score (nSPS) is 24.9. The predicted molar refractivity (Wildman–Crippen MR) is 84.2 cm³/mol. The highest BCUT2D eigenvalue weighted by Gasteiger charge is 2.42. The average molecular weight is 306 g/mol. The van der Waals surface area contributed by atoms with E-state index in [4.69, 9.17) is 0 Å². The maximum Gasteiger partial charge on any atom is 0.251 e. The van der Waals surface area contributed by atoms with Crippen LogP contribution in [0.5, 0.6) is 0 Å². The third kappa shape index (κ3) is 4.08. The van der Waals surface area contributed by atoms with Crippen molar-refractivity contribution in [1.29, 1.82) is 5.26 Å². The van der Waals surface area contributed by atoms with Gasteiger partial charge in [0.25, 0.3) is 5.56 Å². The van der Waals surface area contributed by atoms with Crippen LogP contribution in [0.25, 0.3) is 0 Å². The van der Waals surface area contributed by atoms with Crippen LogP contribution in [0, 0.1) is 17.2 Å². The van der Waals surface area contributed by atoms with Gasteiger partial charge in [0, 0.05) is 18.0 Å². The van der Waals surface area contributed by atoms with E-state index in [-0.39, 0.29) is 11.1 Å². The summed E-state index contributed by atoms with van der Waals surface area (Å²) in [6.45, 7) is 3.01. The number of thioether (sulfide) groups is 1. The third-order valence-corrected chi connectivity index (χ3v) is 4.98. The van der Waals surface area contributed by atoms with E-state index in [0.717, 1.165) is 44.4 Å². The van der Waals surface area contributed by atoms with Crippen molar-refractivity contribution in [2.24, 2.45) is 5.92 Å². The number of hydrogen-bond acceptors (Lipinski definition) is 5. The van der Waals surface area contributed by atoms with Crippen molar-refractivity contribution >= 4 is 11.8 Å². The lowest BCUT2D eigenvalue weighted by atomic mass is 9.86. The van der Waals surface area contributed by atoms with Crippen LogP contribution in [0.15, 0.2) is 22.2 Å². The Morgan fingerprint density at radius 1 is 1.67 bits per heavy atom. The zero-order valence-electron chi connectivity index (χ0n) is 12.4. The highest BCUT2D eigenvalue weighted by molar-refractivity contribution is 7.99. The Balaban J connectivity index is 1.89. The summed E-state index contributed by atoms with van der Waals surface area (Å²) in [5.41, 5.74) is -0.474. The van der Waals surface area contributed by atoms with E-state index in [1.54, 1.807) is 11.8 Å². The first-order valence-electron chi connectivity index (χ1n) is 7.54. The van der Waals surface area contributed by atoms with Gasteiger partial charge in [-0.3, -0.25) is 10.1 Å². The van der Waals surface area contributed by atoms with Crippen LogP contribution in [0.2, 0.25) is 0 Å². The van der Waals surface area contributed by atoms with Gasteiger partial charge in [0.1, 0.15) is 5.54 Å². The van der Waals surface area contributed by atoms with Crippen LogP contribution in [-0.4, -0.2) is 27.8 Å². The zero-order valence-corrected chi connectivity index (χ0v) is 13.2. The molecule has 0 aliphatic heterocycles. The second kappa shape index (κ2) is 7.62. The predicted octanol–water partition coefficient (Wildman–Crippen LogP) is 2.31. The number of aromatic nitrogens is 2. The Hall–Kier alpha value is -1.32. The first-order chi connectivity index (χ1) is 10.2. The Morgan fingerprint density at radius 3 is 3.24 bits per heavy atom. The van der Waals surface area contributed by atoms with Gasteiger partial charge in [0.15, 0.2) is 5.16 Å². The van der Waals surface area contributed by atoms with Crippen LogP contribution < -0.4 is 10.9 Å². The van der Waals surface area contributed by atoms with E-state index >= 15 is 0 Å². The molecule has 1 saturated carbocycles. The third-order valence-electron chi connectivity index (χ3n) is 4.06. The van der Waals surface area contributed by atoms with Crippen LogP contribution in [0.1, 0.15) is 39.0 Å². The molecule has 6 heteroatoms. The highest BCUT2D eigenvalue weighted by atomic mass is 32.2.